The molecule has 1 aromatic carbocycles. The standard InChI is InChI=1S/C29H29NO9S2/c1-15(29(35)36)9-20(32)26-12-18-24(41-26)14-22(38-3)28(30-18)39-8-4-5-16-10-17-11-25(19(31)6-7-27(33)34)40-23(17)13-21(16)37-2/h10-15H,4-9H2,1-3H3,(H,33,34)(H,35,36)/t15-/m0/s1. The molecule has 0 fully saturated rings. The summed E-state index contributed by atoms with van der Waals surface area (Å²) in [7, 11) is 3.09. The Hall–Kier alpha value is -4.03. The molecule has 10 nitrogen and oxygen atoms in total. The minimum atomic E-state index is -1.02. The van der Waals surface area contributed by atoms with Crippen molar-refractivity contribution in [2.75, 3.05) is 20.8 Å². The number of Topliss-reactive ketones (excluding diaryl/α,β-unsaturated/α-hetero) is 2. The average molecular weight is 600 g/mol. The average Bonchev–Trinajstić information content (AvgIpc) is 3.56. The third-order valence-corrected chi connectivity index (χ3v) is 8.68. The van der Waals surface area contributed by atoms with Crippen molar-refractivity contribution in [2.24, 2.45) is 5.92 Å². The molecule has 0 aliphatic carbocycles. The highest BCUT2D eigenvalue weighted by molar-refractivity contribution is 7.21. The van der Waals surface area contributed by atoms with Gasteiger partial charge in [0.05, 0.1) is 53.1 Å². The van der Waals surface area contributed by atoms with Gasteiger partial charge in [0.1, 0.15) is 5.75 Å². The number of aliphatic carboxylic acids is 2. The third kappa shape index (κ3) is 7.19. The number of ether oxygens (including phenoxy) is 3. The number of aromatic nitrogens is 1. The number of hydrogen-bond acceptors (Lipinski definition) is 10. The molecule has 0 unspecified atom stereocenters. The van der Waals surface area contributed by atoms with E-state index in [9.17, 15) is 19.2 Å². The lowest BCUT2D eigenvalue weighted by Gasteiger charge is -2.11. The van der Waals surface area contributed by atoms with E-state index in [0.717, 1.165) is 20.3 Å². The van der Waals surface area contributed by atoms with E-state index in [1.807, 2.05) is 12.1 Å². The first kappa shape index (κ1) is 29.9. The van der Waals surface area contributed by atoms with Crippen LogP contribution >= 0.6 is 22.7 Å². The van der Waals surface area contributed by atoms with Gasteiger partial charge in [0.25, 0.3) is 5.88 Å². The fourth-order valence-corrected chi connectivity index (χ4v) is 6.22. The number of rotatable bonds is 15. The van der Waals surface area contributed by atoms with Crippen LogP contribution in [0, 0.1) is 5.92 Å². The highest BCUT2D eigenvalue weighted by Gasteiger charge is 2.20. The molecule has 0 amide bonds. The lowest BCUT2D eigenvalue weighted by atomic mass is 10.0. The molecular weight excluding hydrogens is 570 g/mol. The summed E-state index contributed by atoms with van der Waals surface area (Å²) in [6.45, 7) is 1.82. The monoisotopic (exact) mass is 599 g/mol. The Bertz CT molecular complexity index is 1620. The summed E-state index contributed by atoms with van der Waals surface area (Å²) >= 11 is 2.55. The second-order valence-electron chi connectivity index (χ2n) is 9.44. The molecule has 41 heavy (non-hydrogen) atoms. The van der Waals surface area contributed by atoms with Crippen LogP contribution in [-0.2, 0) is 16.0 Å². The van der Waals surface area contributed by atoms with Gasteiger partial charge in [0, 0.05) is 23.6 Å². The second-order valence-corrected chi connectivity index (χ2v) is 11.6. The van der Waals surface area contributed by atoms with E-state index in [2.05, 4.69) is 4.98 Å². The molecule has 4 aromatic rings. The number of carbonyl (C=O) groups is 4. The van der Waals surface area contributed by atoms with Gasteiger partial charge in [-0.15, -0.1) is 22.7 Å². The molecule has 0 saturated carbocycles. The molecule has 2 N–H and O–H groups in total. The van der Waals surface area contributed by atoms with Crippen LogP contribution in [0.3, 0.4) is 0 Å². The molecule has 0 spiro atoms. The Morgan fingerprint density at radius 3 is 2.24 bits per heavy atom. The van der Waals surface area contributed by atoms with E-state index in [0.29, 0.717) is 52.1 Å². The van der Waals surface area contributed by atoms with Crippen LogP contribution < -0.4 is 14.2 Å². The summed E-state index contributed by atoms with van der Waals surface area (Å²) in [5.41, 5.74) is 1.51. The predicted octanol–water partition coefficient (Wildman–Crippen LogP) is 5.88. The van der Waals surface area contributed by atoms with Crippen LogP contribution in [0.5, 0.6) is 17.4 Å². The number of benzene rings is 1. The van der Waals surface area contributed by atoms with Crippen LogP contribution in [0.2, 0.25) is 0 Å². The largest absolute Gasteiger partial charge is 0.496 e. The Labute approximate surface area is 243 Å². The normalized spacial score (nSPS) is 11.9. The summed E-state index contributed by atoms with van der Waals surface area (Å²) < 4.78 is 18.6. The summed E-state index contributed by atoms with van der Waals surface area (Å²) in [6.07, 6.45) is 0.914. The molecule has 0 radical (unpaired) electrons. The summed E-state index contributed by atoms with van der Waals surface area (Å²) in [5, 5.41) is 18.8. The van der Waals surface area contributed by atoms with Gasteiger partial charge in [-0.25, -0.2) is 4.98 Å². The number of carboxylic acids is 2. The van der Waals surface area contributed by atoms with Gasteiger partial charge in [-0.2, -0.15) is 0 Å². The number of hydrogen-bond donors (Lipinski definition) is 2. The maximum Gasteiger partial charge on any atom is 0.306 e. The van der Waals surface area contributed by atoms with Gasteiger partial charge in [-0.3, -0.25) is 19.2 Å². The molecule has 12 heteroatoms. The molecule has 0 aliphatic rings. The molecule has 0 aliphatic heterocycles. The maximum absolute atomic E-state index is 12.5. The highest BCUT2D eigenvalue weighted by Crippen LogP contribution is 2.36. The quantitative estimate of drug-likeness (QED) is 0.125. The van der Waals surface area contributed by atoms with Crippen molar-refractivity contribution in [2.45, 2.75) is 39.0 Å². The second kappa shape index (κ2) is 13.1. The third-order valence-electron chi connectivity index (χ3n) is 6.43. The SMILES string of the molecule is COc1cc2sc(C(=O)CCC(=O)O)cc2cc1CCCOc1nc2cc(C(=O)C[C@H](C)C(=O)O)sc2cc1OC. The van der Waals surface area contributed by atoms with Crippen molar-refractivity contribution in [3.8, 4) is 17.4 Å². The van der Waals surface area contributed by atoms with Gasteiger partial charge in [-0.1, -0.05) is 6.92 Å². The van der Waals surface area contributed by atoms with Crippen molar-refractivity contribution < 1.29 is 43.6 Å². The summed E-state index contributed by atoms with van der Waals surface area (Å²) in [5.74, 6) is -1.84. The highest BCUT2D eigenvalue weighted by atomic mass is 32.1. The first-order chi connectivity index (χ1) is 19.6. The predicted molar refractivity (Wildman–Crippen MR) is 155 cm³/mol. The molecular formula is C29H29NO9S2. The zero-order chi connectivity index (χ0) is 29.7. The number of pyridine rings is 1. The molecule has 216 valence electrons. The zero-order valence-corrected chi connectivity index (χ0v) is 24.4. The van der Waals surface area contributed by atoms with Gasteiger partial charge in [-0.05, 0) is 48.1 Å². The summed E-state index contributed by atoms with van der Waals surface area (Å²) in [6, 6.07) is 9.04. The van der Waals surface area contributed by atoms with Gasteiger partial charge in [0.15, 0.2) is 17.3 Å². The molecule has 1 atom stereocenters. The van der Waals surface area contributed by atoms with E-state index in [-0.39, 0.29) is 30.8 Å². The van der Waals surface area contributed by atoms with Gasteiger partial charge in [0.2, 0.25) is 0 Å². The number of fused-ring (bicyclic) bond motifs is 2. The lowest BCUT2D eigenvalue weighted by molar-refractivity contribution is -0.141. The Kier molecular flexibility index (Phi) is 9.56. The first-order valence-corrected chi connectivity index (χ1v) is 14.5. The number of thiophene rings is 2. The van der Waals surface area contributed by atoms with E-state index in [4.69, 9.17) is 24.4 Å². The molecule has 3 aromatic heterocycles. The minimum Gasteiger partial charge on any atom is -0.496 e. The van der Waals surface area contributed by atoms with Crippen molar-refractivity contribution in [1.29, 1.82) is 0 Å². The van der Waals surface area contributed by atoms with E-state index >= 15 is 0 Å². The first-order valence-electron chi connectivity index (χ1n) is 12.8. The van der Waals surface area contributed by atoms with Crippen LogP contribution in [-0.4, -0.2) is 59.5 Å². The minimum absolute atomic E-state index is 0.0420. The molecule has 4 rings (SSSR count). The lowest BCUT2D eigenvalue weighted by Crippen LogP contribution is -2.13. The number of ketones is 2. The number of carbonyl (C=O) groups excluding carboxylic acids is 2. The number of methoxy groups -OCH3 is 2. The van der Waals surface area contributed by atoms with E-state index in [1.165, 1.54) is 36.7 Å². The Morgan fingerprint density at radius 1 is 0.878 bits per heavy atom. The number of carboxylic acid groups (broad SMARTS) is 2. The fourth-order valence-electron chi connectivity index (χ4n) is 4.20. The van der Waals surface area contributed by atoms with Crippen molar-refractivity contribution in [3.63, 3.8) is 0 Å². The maximum atomic E-state index is 12.5. The van der Waals surface area contributed by atoms with Gasteiger partial charge >= 0.3 is 11.9 Å². The number of nitrogens with zero attached hydrogens (tertiary/aromatic N) is 1. The Balaban J connectivity index is 1.43. The van der Waals surface area contributed by atoms with Crippen LogP contribution in [0.1, 0.15) is 57.5 Å². The molecule has 0 saturated heterocycles. The topological polar surface area (TPSA) is 149 Å². The van der Waals surface area contributed by atoms with Crippen molar-refractivity contribution >= 4 is 66.5 Å². The van der Waals surface area contributed by atoms with Gasteiger partial charge < -0.3 is 24.4 Å². The van der Waals surface area contributed by atoms with Crippen LogP contribution in [0.15, 0.2) is 30.3 Å². The van der Waals surface area contributed by atoms with Crippen molar-refractivity contribution in [1.82, 2.24) is 4.98 Å². The smallest absolute Gasteiger partial charge is 0.306 e. The van der Waals surface area contributed by atoms with Crippen molar-refractivity contribution in [3.05, 3.63) is 45.6 Å². The molecule has 3 heterocycles. The molecule has 0 bridgehead atoms. The van der Waals surface area contributed by atoms with E-state index < -0.39 is 17.9 Å². The van der Waals surface area contributed by atoms with E-state index in [1.54, 1.807) is 25.3 Å². The van der Waals surface area contributed by atoms with Crippen LogP contribution in [0.4, 0.5) is 0 Å². The fraction of sp³-hybridized carbons (Fsp3) is 0.345. The summed E-state index contributed by atoms with van der Waals surface area (Å²) in [4.78, 5) is 52.3. The Morgan fingerprint density at radius 2 is 1.56 bits per heavy atom. The zero-order valence-electron chi connectivity index (χ0n) is 22.7. The number of aryl methyl sites for hydroxylation is 1. The van der Waals surface area contributed by atoms with Crippen LogP contribution in [0.25, 0.3) is 20.3 Å².